The molecule has 0 aliphatic rings. The molecular formula is C13H10ClN3O. The van der Waals surface area contributed by atoms with Crippen molar-refractivity contribution in [1.29, 1.82) is 0 Å². The van der Waals surface area contributed by atoms with Crippen LogP contribution in [0.4, 0.5) is 5.69 Å². The first kappa shape index (κ1) is 11.0. The maximum absolute atomic E-state index is 5.98. The minimum absolute atomic E-state index is 0.485. The average molecular weight is 260 g/mol. The molecule has 0 unspecified atom stereocenters. The number of nitrogen functional groups attached to an aromatic ring is 1. The van der Waals surface area contributed by atoms with Crippen molar-refractivity contribution in [3.63, 3.8) is 0 Å². The van der Waals surface area contributed by atoms with Crippen LogP contribution < -0.4 is 5.73 Å². The molecule has 0 spiro atoms. The van der Waals surface area contributed by atoms with Crippen molar-refractivity contribution in [3.05, 3.63) is 41.0 Å². The molecule has 0 saturated heterocycles. The second kappa shape index (κ2) is 3.99. The highest BCUT2D eigenvalue weighted by Gasteiger charge is 2.10. The molecule has 0 atom stereocenters. The number of oxazole rings is 1. The monoisotopic (exact) mass is 259 g/mol. The summed E-state index contributed by atoms with van der Waals surface area (Å²) in [7, 11) is 0. The summed E-state index contributed by atoms with van der Waals surface area (Å²) in [5.41, 5.74) is 9.13. The number of nitrogens with zero attached hydrogens (tertiary/aromatic N) is 2. The Hall–Kier alpha value is -2.07. The van der Waals surface area contributed by atoms with Gasteiger partial charge in [-0.25, -0.2) is 4.98 Å². The molecule has 0 fully saturated rings. The number of halogens is 1. The number of hydrogen-bond acceptors (Lipinski definition) is 4. The highest BCUT2D eigenvalue weighted by molar-refractivity contribution is 6.33. The zero-order valence-electron chi connectivity index (χ0n) is 9.64. The molecule has 3 aromatic rings. The van der Waals surface area contributed by atoms with E-state index in [1.54, 1.807) is 12.1 Å². The normalized spacial score (nSPS) is 11.0. The highest BCUT2D eigenvalue weighted by Crippen LogP contribution is 2.28. The second-order valence-electron chi connectivity index (χ2n) is 4.03. The summed E-state index contributed by atoms with van der Waals surface area (Å²) in [6.07, 6.45) is 0. The van der Waals surface area contributed by atoms with Gasteiger partial charge in [-0.1, -0.05) is 11.6 Å². The lowest BCUT2D eigenvalue weighted by Gasteiger charge is -1.99. The van der Waals surface area contributed by atoms with E-state index in [0.29, 0.717) is 27.8 Å². The first-order chi connectivity index (χ1) is 8.63. The smallest absolute Gasteiger partial charge is 0.228 e. The minimum atomic E-state index is 0.485. The molecule has 90 valence electrons. The lowest BCUT2D eigenvalue weighted by atomic mass is 10.2. The van der Waals surface area contributed by atoms with E-state index in [2.05, 4.69) is 9.97 Å². The van der Waals surface area contributed by atoms with Gasteiger partial charge in [0.25, 0.3) is 0 Å². The molecule has 2 N–H and O–H groups in total. The number of benzene rings is 1. The minimum Gasteiger partial charge on any atom is -0.434 e. The van der Waals surface area contributed by atoms with Gasteiger partial charge in [0, 0.05) is 11.3 Å². The van der Waals surface area contributed by atoms with Gasteiger partial charge in [-0.15, -0.1) is 0 Å². The summed E-state index contributed by atoms with van der Waals surface area (Å²) >= 11 is 5.98. The van der Waals surface area contributed by atoms with Crippen LogP contribution >= 0.6 is 11.6 Å². The van der Waals surface area contributed by atoms with Crippen LogP contribution in [0.3, 0.4) is 0 Å². The Morgan fingerprint density at radius 1 is 1.17 bits per heavy atom. The van der Waals surface area contributed by atoms with Gasteiger partial charge in [0.15, 0.2) is 11.2 Å². The number of rotatable bonds is 1. The van der Waals surface area contributed by atoms with Gasteiger partial charge < -0.3 is 10.2 Å². The zero-order chi connectivity index (χ0) is 12.7. The highest BCUT2D eigenvalue weighted by atomic mass is 35.5. The second-order valence-corrected chi connectivity index (χ2v) is 4.44. The third-order valence-electron chi connectivity index (χ3n) is 2.64. The fourth-order valence-corrected chi connectivity index (χ4v) is 1.88. The Morgan fingerprint density at radius 2 is 2.00 bits per heavy atom. The maximum Gasteiger partial charge on any atom is 0.228 e. The number of aryl methyl sites for hydroxylation is 1. The van der Waals surface area contributed by atoms with Crippen molar-refractivity contribution in [2.45, 2.75) is 6.92 Å². The van der Waals surface area contributed by atoms with Crippen LogP contribution in [0, 0.1) is 6.92 Å². The van der Waals surface area contributed by atoms with Crippen molar-refractivity contribution in [1.82, 2.24) is 9.97 Å². The molecule has 0 bridgehead atoms. The summed E-state index contributed by atoms with van der Waals surface area (Å²) in [4.78, 5) is 8.64. The largest absolute Gasteiger partial charge is 0.434 e. The maximum atomic E-state index is 5.98. The summed E-state index contributed by atoms with van der Waals surface area (Å²) in [5, 5.41) is 0.485. The predicted molar refractivity (Wildman–Crippen MR) is 71.4 cm³/mol. The number of nitrogens with two attached hydrogens (primary N) is 1. The Labute approximate surface area is 108 Å². The molecule has 5 heteroatoms. The third-order valence-corrected chi connectivity index (χ3v) is 2.97. The number of fused-ring (bicyclic) bond motifs is 1. The van der Waals surface area contributed by atoms with Crippen molar-refractivity contribution in [2.75, 3.05) is 5.73 Å². The van der Waals surface area contributed by atoms with E-state index in [4.69, 9.17) is 21.8 Å². The molecular weight excluding hydrogens is 250 g/mol. The summed E-state index contributed by atoms with van der Waals surface area (Å²) in [6, 6.07) is 9.01. The first-order valence-electron chi connectivity index (χ1n) is 5.43. The van der Waals surface area contributed by atoms with E-state index < -0.39 is 0 Å². The van der Waals surface area contributed by atoms with Crippen molar-refractivity contribution in [3.8, 4) is 11.5 Å². The third kappa shape index (κ3) is 1.80. The average Bonchev–Trinajstić information content (AvgIpc) is 2.75. The predicted octanol–water partition coefficient (Wildman–Crippen LogP) is 3.43. The molecule has 2 heterocycles. The Balaban J connectivity index is 2.16. The summed E-state index contributed by atoms with van der Waals surface area (Å²) in [6.45, 7) is 1.91. The fraction of sp³-hybridized carbons (Fsp3) is 0.0769. The van der Waals surface area contributed by atoms with Crippen LogP contribution in [0.25, 0.3) is 22.7 Å². The Kier molecular flexibility index (Phi) is 2.45. The molecule has 2 aromatic heterocycles. The lowest BCUT2D eigenvalue weighted by Crippen LogP contribution is -1.86. The first-order valence-corrected chi connectivity index (χ1v) is 5.81. The Bertz CT molecular complexity index is 736. The summed E-state index contributed by atoms with van der Waals surface area (Å²) < 4.78 is 5.63. The van der Waals surface area contributed by atoms with Crippen LogP contribution in [-0.2, 0) is 0 Å². The molecule has 3 rings (SSSR count). The van der Waals surface area contributed by atoms with Gasteiger partial charge in [0.2, 0.25) is 5.89 Å². The molecule has 0 aliphatic heterocycles. The van der Waals surface area contributed by atoms with Gasteiger partial charge in [0.1, 0.15) is 0 Å². The molecule has 0 aliphatic carbocycles. The van der Waals surface area contributed by atoms with Crippen LogP contribution in [0.15, 0.2) is 34.7 Å². The van der Waals surface area contributed by atoms with E-state index in [9.17, 15) is 0 Å². The molecule has 0 amide bonds. The van der Waals surface area contributed by atoms with Gasteiger partial charge in [-0.2, -0.15) is 4.98 Å². The van der Waals surface area contributed by atoms with Crippen LogP contribution in [0.1, 0.15) is 5.69 Å². The molecule has 4 nitrogen and oxygen atoms in total. The van der Waals surface area contributed by atoms with Gasteiger partial charge >= 0.3 is 0 Å². The lowest BCUT2D eigenvalue weighted by molar-refractivity contribution is 0.619. The van der Waals surface area contributed by atoms with Crippen molar-refractivity contribution in [2.24, 2.45) is 0 Å². The summed E-state index contributed by atoms with van der Waals surface area (Å²) in [5.74, 6) is 0.491. The van der Waals surface area contributed by atoms with Crippen LogP contribution in [-0.4, -0.2) is 9.97 Å². The van der Waals surface area contributed by atoms with Gasteiger partial charge in [-0.05, 0) is 37.3 Å². The number of pyridine rings is 1. The fourth-order valence-electron chi connectivity index (χ4n) is 1.70. The van der Waals surface area contributed by atoms with Gasteiger partial charge in [0.05, 0.1) is 10.7 Å². The SMILES string of the molecule is Cc1ccc2oc(-c3ccc(N)c(Cl)c3)nc2n1. The molecule has 0 radical (unpaired) electrons. The van der Waals surface area contributed by atoms with Crippen LogP contribution in [0.2, 0.25) is 5.02 Å². The Morgan fingerprint density at radius 3 is 2.78 bits per heavy atom. The standard InChI is InChI=1S/C13H10ClN3O/c1-7-2-5-11-12(16-7)17-13(18-11)8-3-4-10(15)9(14)6-8/h2-6H,15H2,1H3. The number of hydrogen-bond donors (Lipinski definition) is 1. The van der Waals surface area contributed by atoms with Crippen molar-refractivity contribution < 1.29 is 4.42 Å². The molecule has 1 aromatic carbocycles. The topological polar surface area (TPSA) is 64.9 Å². The van der Waals surface area contributed by atoms with E-state index in [-0.39, 0.29) is 0 Å². The number of anilines is 1. The number of aromatic nitrogens is 2. The molecule has 18 heavy (non-hydrogen) atoms. The zero-order valence-corrected chi connectivity index (χ0v) is 10.4. The molecule has 0 saturated carbocycles. The van der Waals surface area contributed by atoms with E-state index in [1.165, 1.54) is 0 Å². The van der Waals surface area contributed by atoms with E-state index in [1.807, 2.05) is 25.1 Å². The van der Waals surface area contributed by atoms with Gasteiger partial charge in [-0.3, -0.25) is 0 Å². The van der Waals surface area contributed by atoms with Crippen molar-refractivity contribution >= 4 is 28.5 Å². The van der Waals surface area contributed by atoms with E-state index in [0.717, 1.165) is 11.3 Å². The quantitative estimate of drug-likeness (QED) is 0.680. The van der Waals surface area contributed by atoms with E-state index >= 15 is 0 Å². The van der Waals surface area contributed by atoms with Crippen LogP contribution in [0.5, 0.6) is 0 Å².